The second-order valence-electron chi connectivity index (χ2n) is 7.33. The van der Waals surface area contributed by atoms with Crippen molar-refractivity contribution in [1.29, 1.82) is 0 Å². The molecule has 4 unspecified atom stereocenters. The third-order valence-electron chi connectivity index (χ3n) is 4.72. The van der Waals surface area contributed by atoms with Crippen molar-refractivity contribution in [3.05, 3.63) is 0 Å². The Labute approximate surface area is 134 Å². The molecule has 1 heterocycles. The maximum absolute atomic E-state index is 12.9. The minimum absolute atomic E-state index is 0.0373. The van der Waals surface area contributed by atoms with Gasteiger partial charge in [-0.05, 0) is 43.3 Å². The molecule has 1 N–H and O–H groups in total. The predicted octanol–water partition coefficient (Wildman–Crippen LogP) is 3.49. The van der Waals surface area contributed by atoms with Crippen molar-refractivity contribution in [2.24, 2.45) is 11.8 Å². The van der Waals surface area contributed by atoms with Gasteiger partial charge >= 0.3 is 0 Å². The van der Waals surface area contributed by atoms with Crippen molar-refractivity contribution in [2.75, 3.05) is 5.75 Å². The van der Waals surface area contributed by atoms with Crippen LogP contribution >= 0.6 is 11.8 Å². The number of nitrogens with one attached hydrogen (secondary N) is 1. The Morgan fingerprint density at radius 1 is 1.29 bits per heavy atom. The van der Waals surface area contributed by atoms with Crippen LogP contribution in [0.5, 0.6) is 0 Å². The maximum atomic E-state index is 12.9. The summed E-state index contributed by atoms with van der Waals surface area (Å²) in [5.41, 5.74) is 0. The van der Waals surface area contributed by atoms with E-state index in [2.05, 4.69) is 56.6 Å². The molecule has 4 heteroatoms. The second kappa shape index (κ2) is 7.36. The molecule has 2 aliphatic rings. The van der Waals surface area contributed by atoms with E-state index in [0.717, 1.165) is 11.7 Å². The summed E-state index contributed by atoms with van der Waals surface area (Å²) in [5, 5.41) is 4.37. The number of amides is 1. The molecule has 21 heavy (non-hydrogen) atoms. The maximum Gasteiger partial charge on any atom is 0.241 e. The third kappa shape index (κ3) is 3.95. The minimum Gasteiger partial charge on any atom is -0.323 e. The van der Waals surface area contributed by atoms with Crippen molar-refractivity contribution >= 4 is 17.7 Å². The fraction of sp³-hybridized carbons (Fsp3) is 0.941. The van der Waals surface area contributed by atoms with Gasteiger partial charge in [-0.15, -0.1) is 0 Å². The van der Waals surface area contributed by atoms with Gasteiger partial charge in [0.15, 0.2) is 0 Å². The van der Waals surface area contributed by atoms with Gasteiger partial charge in [0.25, 0.3) is 0 Å². The lowest BCUT2D eigenvalue weighted by atomic mass is 10.0. The smallest absolute Gasteiger partial charge is 0.241 e. The average Bonchev–Trinajstić information content (AvgIpc) is 2.95. The van der Waals surface area contributed by atoms with E-state index in [0.29, 0.717) is 23.8 Å². The summed E-state index contributed by atoms with van der Waals surface area (Å²) < 4.78 is 0. The zero-order chi connectivity index (χ0) is 15.6. The number of hydrogen-bond donors (Lipinski definition) is 1. The molecule has 4 atom stereocenters. The van der Waals surface area contributed by atoms with E-state index >= 15 is 0 Å². The Morgan fingerprint density at radius 2 is 2.00 bits per heavy atom. The lowest BCUT2D eigenvalue weighted by Crippen LogP contribution is -2.46. The first-order valence-electron chi connectivity index (χ1n) is 8.63. The van der Waals surface area contributed by atoms with Crippen LogP contribution in [-0.4, -0.2) is 40.1 Å². The molecule has 2 fully saturated rings. The minimum atomic E-state index is 0.0373. The van der Waals surface area contributed by atoms with E-state index in [4.69, 9.17) is 0 Å². The number of thioether (sulfide) groups is 1. The topological polar surface area (TPSA) is 32.3 Å². The van der Waals surface area contributed by atoms with E-state index in [9.17, 15) is 4.79 Å². The summed E-state index contributed by atoms with van der Waals surface area (Å²) in [7, 11) is 0. The fourth-order valence-corrected chi connectivity index (χ4v) is 4.93. The highest BCUT2D eigenvalue weighted by atomic mass is 32.2. The van der Waals surface area contributed by atoms with Crippen molar-refractivity contribution in [2.45, 2.75) is 83.8 Å². The Bertz CT molecular complexity index is 359. The summed E-state index contributed by atoms with van der Waals surface area (Å²) >= 11 is 2.07. The molecule has 0 spiro atoms. The fourth-order valence-electron chi connectivity index (χ4n) is 3.79. The van der Waals surface area contributed by atoms with Crippen LogP contribution in [0.2, 0.25) is 0 Å². The van der Waals surface area contributed by atoms with Gasteiger partial charge < -0.3 is 4.90 Å². The van der Waals surface area contributed by atoms with Gasteiger partial charge in [0, 0.05) is 11.3 Å². The first kappa shape index (κ1) is 17.1. The zero-order valence-electron chi connectivity index (χ0n) is 14.3. The number of rotatable bonds is 6. The van der Waals surface area contributed by atoms with Crippen molar-refractivity contribution in [3.63, 3.8) is 0 Å². The van der Waals surface area contributed by atoms with E-state index in [-0.39, 0.29) is 12.2 Å². The molecule has 0 aromatic heterocycles. The lowest BCUT2D eigenvalue weighted by molar-refractivity contribution is -0.133. The molecule has 0 radical (unpaired) electrons. The van der Waals surface area contributed by atoms with Crippen LogP contribution in [0.4, 0.5) is 0 Å². The zero-order valence-corrected chi connectivity index (χ0v) is 15.1. The summed E-state index contributed by atoms with van der Waals surface area (Å²) in [6.07, 6.45) is 4.83. The molecular weight excluding hydrogens is 280 g/mol. The Hall–Kier alpha value is -0.220. The number of carbonyl (C=O) groups excluding carboxylic acids is 1. The number of nitrogens with zero attached hydrogens (tertiary/aromatic N) is 1. The van der Waals surface area contributed by atoms with Gasteiger partial charge in [0.1, 0.15) is 0 Å². The highest BCUT2D eigenvalue weighted by Gasteiger charge is 2.45. The van der Waals surface area contributed by atoms with Crippen LogP contribution in [-0.2, 0) is 4.79 Å². The quantitative estimate of drug-likeness (QED) is 0.815. The average molecular weight is 313 g/mol. The summed E-state index contributed by atoms with van der Waals surface area (Å²) in [6, 6.07) is 0.494. The largest absolute Gasteiger partial charge is 0.323 e. The highest BCUT2D eigenvalue weighted by Crippen LogP contribution is 2.36. The molecule has 1 saturated carbocycles. The van der Waals surface area contributed by atoms with Crippen LogP contribution in [0.1, 0.15) is 60.3 Å². The van der Waals surface area contributed by atoms with Crippen LogP contribution in [0, 0.1) is 11.8 Å². The SMILES string of the molecule is CCSC1CCC(N2C(=O)C(CC(C)C)NC2C(C)C)C1. The first-order chi connectivity index (χ1) is 9.93. The molecule has 3 nitrogen and oxygen atoms in total. The number of carbonyl (C=O) groups is 1. The Kier molecular flexibility index (Phi) is 6.01. The van der Waals surface area contributed by atoms with Crippen LogP contribution < -0.4 is 5.32 Å². The van der Waals surface area contributed by atoms with Gasteiger partial charge in [0.05, 0.1) is 12.2 Å². The summed E-state index contributed by atoms with van der Waals surface area (Å²) in [5.74, 6) is 2.58. The molecule has 1 saturated heterocycles. The third-order valence-corrected chi connectivity index (χ3v) is 5.95. The Balaban J connectivity index is 2.06. The van der Waals surface area contributed by atoms with Crippen molar-refractivity contribution < 1.29 is 4.79 Å². The molecule has 0 aromatic rings. The molecule has 122 valence electrons. The van der Waals surface area contributed by atoms with Crippen molar-refractivity contribution in [3.8, 4) is 0 Å². The first-order valence-corrected chi connectivity index (χ1v) is 9.68. The van der Waals surface area contributed by atoms with Gasteiger partial charge in [-0.25, -0.2) is 0 Å². The standard InChI is InChI=1S/C17H32N2OS/c1-6-21-14-8-7-13(10-14)19-16(12(4)5)18-15(17(19)20)9-11(2)3/h11-16,18H,6-10H2,1-5H3. The van der Waals surface area contributed by atoms with Crippen molar-refractivity contribution in [1.82, 2.24) is 10.2 Å². The van der Waals surface area contributed by atoms with E-state index in [1.54, 1.807) is 0 Å². The Morgan fingerprint density at radius 3 is 2.57 bits per heavy atom. The molecule has 1 aliphatic heterocycles. The molecule has 0 aromatic carbocycles. The lowest BCUT2D eigenvalue weighted by Gasteiger charge is -2.32. The predicted molar refractivity (Wildman–Crippen MR) is 91.4 cm³/mol. The van der Waals surface area contributed by atoms with E-state index in [1.807, 2.05) is 0 Å². The monoisotopic (exact) mass is 312 g/mol. The van der Waals surface area contributed by atoms with Gasteiger partial charge in [-0.1, -0.05) is 34.6 Å². The van der Waals surface area contributed by atoms with Crippen LogP contribution in [0.25, 0.3) is 0 Å². The van der Waals surface area contributed by atoms with E-state index in [1.165, 1.54) is 25.0 Å². The molecule has 1 amide bonds. The van der Waals surface area contributed by atoms with Crippen LogP contribution in [0.3, 0.4) is 0 Å². The summed E-state index contributed by atoms with van der Waals surface area (Å²) in [4.78, 5) is 15.1. The van der Waals surface area contributed by atoms with Gasteiger partial charge in [0.2, 0.25) is 5.91 Å². The molecular formula is C17H32N2OS. The highest BCUT2D eigenvalue weighted by molar-refractivity contribution is 7.99. The van der Waals surface area contributed by atoms with Gasteiger partial charge in [-0.3, -0.25) is 10.1 Å². The van der Waals surface area contributed by atoms with Crippen LogP contribution in [0.15, 0.2) is 0 Å². The second-order valence-corrected chi connectivity index (χ2v) is 8.90. The molecule has 1 aliphatic carbocycles. The van der Waals surface area contributed by atoms with E-state index < -0.39 is 0 Å². The normalized spacial score (nSPS) is 33.7. The number of hydrogen-bond acceptors (Lipinski definition) is 3. The molecule has 0 bridgehead atoms. The van der Waals surface area contributed by atoms with Gasteiger partial charge in [-0.2, -0.15) is 11.8 Å². The molecule has 2 rings (SSSR count). The summed E-state index contributed by atoms with van der Waals surface area (Å²) in [6.45, 7) is 11.1.